The molecule has 0 saturated carbocycles. The minimum atomic E-state index is -0.125. The number of nitrogens with zero attached hydrogens (tertiary/aromatic N) is 1. The van der Waals surface area contributed by atoms with E-state index in [-0.39, 0.29) is 5.41 Å². The molecule has 9 aromatic carbocycles. The molecule has 2 heteroatoms. The van der Waals surface area contributed by atoms with Crippen LogP contribution in [0.5, 0.6) is 0 Å². The Labute approximate surface area is 325 Å². The van der Waals surface area contributed by atoms with Gasteiger partial charge in [0.25, 0.3) is 0 Å². The first-order chi connectivity index (χ1) is 27.0. The number of rotatable bonds is 5. The van der Waals surface area contributed by atoms with Gasteiger partial charge in [-0.15, -0.1) is 11.3 Å². The van der Waals surface area contributed by atoms with Crippen LogP contribution >= 0.6 is 11.3 Å². The number of benzene rings is 9. The van der Waals surface area contributed by atoms with Gasteiger partial charge in [0.1, 0.15) is 0 Å². The van der Waals surface area contributed by atoms with Crippen LogP contribution in [0, 0.1) is 0 Å². The van der Waals surface area contributed by atoms with Crippen molar-refractivity contribution in [3.8, 4) is 33.4 Å². The van der Waals surface area contributed by atoms with Gasteiger partial charge in [-0.1, -0.05) is 159 Å². The van der Waals surface area contributed by atoms with E-state index in [9.17, 15) is 0 Å². The lowest BCUT2D eigenvalue weighted by Crippen LogP contribution is -2.17. The fourth-order valence-electron chi connectivity index (χ4n) is 9.14. The van der Waals surface area contributed by atoms with Crippen LogP contribution in [0.25, 0.3) is 75.1 Å². The first-order valence-electron chi connectivity index (χ1n) is 19.1. The topological polar surface area (TPSA) is 3.24 Å². The van der Waals surface area contributed by atoms with Gasteiger partial charge in [-0.25, -0.2) is 0 Å². The average molecular weight is 720 g/mol. The molecule has 55 heavy (non-hydrogen) atoms. The van der Waals surface area contributed by atoms with Crippen LogP contribution in [-0.2, 0) is 5.41 Å². The summed E-state index contributed by atoms with van der Waals surface area (Å²) in [6.45, 7) is 4.74. The lowest BCUT2D eigenvalue weighted by molar-refractivity contribution is 0.660. The van der Waals surface area contributed by atoms with E-state index in [2.05, 4.69) is 207 Å². The maximum absolute atomic E-state index is 2.51. The Morgan fingerprint density at radius 1 is 0.418 bits per heavy atom. The van der Waals surface area contributed by atoms with Crippen molar-refractivity contribution >= 4 is 70.1 Å². The summed E-state index contributed by atoms with van der Waals surface area (Å²) in [5.74, 6) is 0. The normalized spacial score (nSPS) is 13.1. The Hall–Kier alpha value is -6.48. The standard InChI is InChI=1S/C53H37NS/c1-53(2)46-18-10-8-16-43(46)44-29-27-40(33-47(44)53)54(39-26-28-42-38(32-39)25-22-36-14-6-7-15-41(36)42)48-30-31-50-52(45-17-9-11-19-49(45)55-50)51(48)37-23-20-35(21-24-37)34-12-4-3-5-13-34/h3-33H,1-2H3. The molecule has 11 rings (SSSR count). The zero-order chi connectivity index (χ0) is 36.7. The molecule has 0 spiro atoms. The SMILES string of the molecule is CC1(C)c2ccccc2-c2ccc(N(c3ccc4c(ccc5ccccc54)c3)c3ccc4sc5ccccc5c4c3-c3ccc(-c4ccccc4)cc3)cc21. The zero-order valence-corrected chi connectivity index (χ0v) is 31.6. The highest BCUT2D eigenvalue weighted by Crippen LogP contribution is 2.53. The number of hydrogen-bond donors (Lipinski definition) is 0. The maximum Gasteiger partial charge on any atom is 0.0547 e. The summed E-state index contributed by atoms with van der Waals surface area (Å²) in [4.78, 5) is 2.51. The molecule has 0 atom stereocenters. The molecule has 0 saturated heterocycles. The second-order valence-corrected chi connectivity index (χ2v) is 16.4. The quantitative estimate of drug-likeness (QED) is 0.160. The molecule has 0 aliphatic heterocycles. The van der Waals surface area contributed by atoms with Gasteiger partial charge in [0, 0.05) is 42.5 Å². The van der Waals surface area contributed by atoms with Gasteiger partial charge < -0.3 is 4.90 Å². The van der Waals surface area contributed by atoms with E-state index in [0.717, 1.165) is 17.1 Å². The molecule has 260 valence electrons. The van der Waals surface area contributed by atoms with Gasteiger partial charge >= 0.3 is 0 Å². The average Bonchev–Trinajstić information content (AvgIpc) is 3.73. The highest BCUT2D eigenvalue weighted by Gasteiger charge is 2.36. The summed E-state index contributed by atoms with van der Waals surface area (Å²) < 4.78 is 2.60. The number of thiophene rings is 1. The van der Waals surface area contributed by atoms with Crippen LogP contribution < -0.4 is 4.90 Å². The lowest BCUT2D eigenvalue weighted by atomic mass is 9.82. The maximum atomic E-state index is 2.51. The molecular formula is C53H37NS. The fourth-order valence-corrected chi connectivity index (χ4v) is 10.3. The zero-order valence-electron chi connectivity index (χ0n) is 30.8. The van der Waals surface area contributed by atoms with Crippen LogP contribution in [-0.4, -0.2) is 0 Å². The van der Waals surface area contributed by atoms with E-state index >= 15 is 0 Å². The molecule has 1 aliphatic rings. The van der Waals surface area contributed by atoms with Crippen molar-refractivity contribution < 1.29 is 0 Å². The lowest BCUT2D eigenvalue weighted by Gasteiger charge is -2.30. The van der Waals surface area contributed by atoms with Crippen molar-refractivity contribution in [2.24, 2.45) is 0 Å². The van der Waals surface area contributed by atoms with Gasteiger partial charge in [-0.3, -0.25) is 0 Å². The Morgan fingerprint density at radius 2 is 1.05 bits per heavy atom. The van der Waals surface area contributed by atoms with Gasteiger partial charge in [0.15, 0.2) is 0 Å². The van der Waals surface area contributed by atoms with Crippen molar-refractivity contribution in [3.05, 3.63) is 199 Å². The number of anilines is 3. The molecule has 0 N–H and O–H groups in total. The number of fused-ring (bicyclic) bond motifs is 9. The molecule has 10 aromatic rings. The Morgan fingerprint density at radius 3 is 1.93 bits per heavy atom. The first kappa shape index (κ1) is 32.0. The van der Waals surface area contributed by atoms with Crippen LogP contribution in [0.15, 0.2) is 188 Å². The van der Waals surface area contributed by atoms with Gasteiger partial charge in [0.05, 0.1) is 5.69 Å². The van der Waals surface area contributed by atoms with Crippen molar-refractivity contribution in [1.29, 1.82) is 0 Å². The van der Waals surface area contributed by atoms with E-state index in [0.29, 0.717) is 0 Å². The second kappa shape index (κ2) is 12.3. The highest BCUT2D eigenvalue weighted by molar-refractivity contribution is 7.26. The number of hydrogen-bond acceptors (Lipinski definition) is 2. The Balaban J connectivity index is 1.20. The third-order valence-electron chi connectivity index (χ3n) is 11.9. The first-order valence-corrected chi connectivity index (χ1v) is 19.9. The summed E-state index contributed by atoms with van der Waals surface area (Å²) in [6, 6.07) is 69.8. The van der Waals surface area contributed by atoms with E-state index in [1.54, 1.807) is 0 Å². The highest BCUT2D eigenvalue weighted by atomic mass is 32.1. The minimum Gasteiger partial charge on any atom is -0.310 e. The smallest absolute Gasteiger partial charge is 0.0547 e. The van der Waals surface area contributed by atoms with E-state index in [4.69, 9.17) is 0 Å². The molecule has 1 aromatic heterocycles. The summed E-state index contributed by atoms with van der Waals surface area (Å²) in [6.07, 6.45) is 0. The largest absolute Gasteiger partial charge is 0.310 e. The molecule has 0 unspecified atom stereocenters. The van der Waals surface area contributed by atoms with Gasteiger partial charge in [0.2, 0.25) is 0 Å². The second-order valence-electron chi connectivity index (χ2n) is 15.3. The van der Waals surface area contributed by atoms with Gasteiger partial charge in [-0.05, 0) is 103 Å². The van der Waals surface area contributed by atoms with E-state index < -0.39 is 0 Å². The molecule has 0 fully saturated rings. The van der Waals surface area contributed by atoms with E-state index in [1.165, 1.54) is 86.2 Å². The summed E-state index contributed by atoms with van der Waals surface area (Å²) in [5.41, 5.74) is 13.6. The summed E-state index contributed by atoms with van der Waals surface area (Å²) in [7, 11) is 0. The van der Waals surface area contributed by atoms with Crippen LogP contribution in [0.3, 0.4) is 0 Å². The summed E-state index contributed by atoms with van der Waals surface area (Å²) in [5, 5.41) is 7.63. The predicted octanol–water partition coefficient (Wildman–Crippen LogP) is 15.5. The van der Waals surface area contributed by atoms with E-state index in [1.807, 2.05) is 11.3 Å². The monoisotopic (exact) mass is 719 g/mol. The fraction of sp³-hybridized carbons (Fsp3) is 0.0566. The van der Waals surface area contributed by atoms with Crippen molar-refractivity contribution in [2.75, 3.05) is 4.90 Å². The minimum absolute atomic E-state index is 0.125. The third kappa shape index (κ3) is 4.99. The molecule has 0 bridgehead atoms. The molecule has 1 nitrogen and oxygen atoms in total. The Bertz CT molecular complexity index is 3110. The predicted molar refractivity (Wildman–Crippen MR) is 237 cm³/mol. The van der Waals surface area contributed by atoms with Crippen molar-refractivity contribution in [3.63, 3.8) is 0 Å². The van der Waals surface area contributed by atoms with Gasteiger partial charge in [-0.2, -0.15) is 0 Å². The van der Waals surface area contributed by atoms with Crippen molar-refractivity contribution in [1.82, 2.24) is 0 Å². The molecule has 0 amide bonds. The van der Waals surface area contributed by atoms with Crippen LogP contribution in [0.1, 0.15) is 25.0 Å². The Kier molecular flexibility index (Phi) is 7.14. The molecule has 0 radical (unpaired) electrons. The molecule has 1 aliphatic carbocycles. The summed E-state index contributed by atoms with van der Waals surface area (Å²) >= 11 is 1.88. The molecular weight excluding hydrogens is 683 g/mol. The van der Waals surface area contributed by atoms with Crippen molar-refractivity contribution in [2.45, 2.75) is 19.3 Å². The van der Waals surface area contributed by atoms with Crippen LogP contribution in [0.4, 0.5) is 17.1 Å². The van der Waals surface area contributed by atoms with Crippen LogP contribution in [0.2, 0.25) is 0 Å². The third-order valence-corrected chi connectivity index (χ3v) is 13.0. The molecule has 1 heterocycles.